The Balaban J connectivity index is 2.14. The molecule has 1 fully saturated rings. The first-order valence-corrected chi connectivity index (χ1v) is 5.18. The summed E-state index contributed by atoms with van der Waals surface area (Å²) < 4.78 is 5.33. The van der Waals surface area contributed by atoms with Gasteiger partial charge in [-0.3, -0.25) is 0 Å². The molecular formula is C10H15BO3. The zero-order valence-electron chi connectivity index (χ0n) is 8.10. The predicted octanol–water partition coefficient (Wildman–Crippen LogP) is 1.78. The normalized spacial score (nSPS) is 27.6. The van der Waals surface area contributed by atoms with Crippen molar-refractivity contribution in [2.24, 2.45) is 0 Å². The Morgan fingerprint density at radius 2 is 2.07 bits per heavy atom. The van der Waals surface area contributed by atoms with Gasteiger partial charge < -0.3 is 14.5 Å². The van der Waals surface area contributed by atoms with E-state index in [4.69, 9.17) is 4.42 Å². The van der Waals surface area contributed by atoms with E-state index in [1.807, 2.05) is 12.1 Å². The summed E-state index contributed by atoms with van der Waals surface area (Å²) in [6, 6.07) is 3.77. The molecule has 0 aliphatic heterocycles. The van der Waals surface area contributed by atoms with E-state index in [9.17, 15) is 10.0 Å². The molecule has 0 aromatic carbocycles. The van der Waals surface area contributed by atoms with Gasteiger partial charge >= 0.3 is 7.12 Å². The minimum atomic E-state index is -1.22. The molecule has 1 saturated carbocycles. The first-order valence-electron chi connectivity index (χ1n) is 5.18. The minimum absolute atomic E-state index is 0.0603. The summed E-state index contributed by atoms with van der Waals surface area (Å²) in [4.78, 5) is 0. The first-order chi connectivity index (χ1) is 6.79. The van der Waals surface area contributed by atoms with Crippen molar-refractivity contribution in [2.75, 3.05) is 0 Å². The largest absolute Gasteiger partial charge is 0.469 e. The predicted molar refractivity (Wildman–Crippen MR) is 53.9 cm³/mol. The maximum absolute atomic E-state index is 9.26. The molecule has 2 rings (SSSR count). The van der Waals surface area contributed by atoms with Gasteiger partial charge in [-0.1, -0.05) is 19.3 Å². The average Bonchev–Trinajstić information content (AvgIpc) is 2.70. The topological polar surface area (TPSA) is 53.6 Å². The molecule has 4 heteroatoms. The lowest BCUT2D eigenvalue weighted by Gasteiger charge is -2.29. The van der Waals surface area contributed by atoms with Gasteiger partial charge in [-0.2, -0.15) is 0 Å². The second-order valence-electron chi connectivity index (χ2n) is 3.98. The van der Waals surface area contributed by atoms with Gasteiger partial charge in [-0.05, 0) is 18.6 Å². The first kappa shape index (κ1) is 9.81. The van der Waals surface area contributed by atoms with E-state index in [-0.39, 0.29) is 11.7 Å². The molecule has 1 aromatic heterocycles. The lowest BCUT2D eigenvalue weighted by molar-refractivity contribution is 0.307. The molecule has 3 nitrogen and oxygen atoms in total. The average molecular weight is 194 g/mol. The summed E-state index contributed by atoms with van der Waals surface area (Å²) in [6.07, 6.45) is 5.75. The maximum atomic E-state index is 9.26. The van der Waals surface area contributed by atoms with Crippen LogP contribution in [0.5, 0.6) is 0 Å². The lowest BCUT2D eigenvalue weighted by atomic mass is 9.59. The standard InChI is InChI=1S/C10H15BO3/c12-11(13)9-5-2-1-4-8(9)10-6-3-7-14-10/h3,6-9,12-13H,1-2,4-5H2. The number of rotatable bonds is 2. The van der Waals surface area contributed by atoms with Crippen molar-refractivity contribution in [3.05, 3.63) is 24.2 Å². The molecule has 0 bridgehead atoms. The van der Waals surface area contributed by atoms with E-state index in [2.05, 4.69) is 0 Å². The van der Waals surface area contributed by atoms with Gasteiger partial charge in [0.05, 0.1) is 6.26 Å². The SMILES string of the molecule is OB(O)C1CCCCC1c1ccco1. The van der Waals surface area contributed by atoms with Crippen molar-refractivity contribution < 1.29 is 14.5 Å². The molecule has 76 valence electrons. The van der Waals surface area contributed by atoms with Gasteiger partial charge in [0.2, 0.25) is 0 Å². The molecule has 2 atom stereocenters. The van der Waals surface area contributed by atoms with Crippen molar-refractivity contribution in [3.8, 4) is 0 Å². The Bertz CT molecular complexity index is 271. The van der Waals surface area contributed by atoms with Crippen molar-refractivity contribution in [1.82, 2.24) is 0 Å². The quantitative estimate of drug-likeness (QED) is 0.705. The fraction of sp³-hybridized carbons (Fsp3) is 0.600. The fourth-order valence-electron chi connectivity index (χ4n) is 2.37. The van der Waals surface area contributed by atoms with Crippen LogP contribution in [0.1, 0.15) is 37.4 Å². The summed E-state index contributed by atoms with van der Waals surface area (Å²) in [5.41, 5.74) is 0. The summed E-state index contributed by atoms with van der Waals surface area (Å²) in [6.45, 7) is 0. The Labute approximate surface area is 83.9 Å². The van der Waals surface area contributed by atoms with Crippen LogP contribution in [0.3, 0.4) is 0 Å². The molecule has 1 heterocycles. The van der Waals surface area contributed by atoms with E-state index in [0.717, 1.165) is 31.4 Å². The highest BCUT2D eigenvalue weighted by Gasteiger charge is 2.35. The number of hydrogen-bond donors (Lipinski definition) is 2. The zero-order chi connectivity index (χ0) is 9.97. The van der Waals surface area contributed by atoms with Crippen LogP contribution in [-0.4, -0.2) is 17.2 Å². The van der Waals surface area contributed by atoms with Crippen molar-refractivity contribution in [3.63, 3.8) is 0 Å². The second-order valence-corrected chi connectivity index (χ2v) is 3.98. The molecular weight excluding hydrogens is 179 g/mol. The second kappa shape index (κ2) is 4.19. The van der Waals surface area contributed by atoms with Crippen LogP contribution < -0.4 is 0 Å². The van der Waals surface area contributed by atoms with E-state index < -0.39 is 7.12 Å². The van der Waals surface area contributed by atoms with Crippen LogP contribution in [-0.2, 0) is 0 Å². The Hall–Kier alpha value is -0.735. The van der Waals surface area contributed by atoms with Crippen LogP contribution in [0, 0.1) is 0 Å². The van der Waals surface area contributed by atoms with Crippen molar-refractivity contribution >= 4 is 7.12 Å². The van der Waals surface area contributed by atoms with E-state index >= 15 is 0 Å². The summed E-state index contributed by atoms with van der Waals surface area (Å²) >= 11 is 0. The maximum Gasteiger partial charge on any atom is 0.455 e. The number of furan rings is 1. The van der Waals surface area contributed by atoms with Crippen LogP contribution in [0.2, 0.25) is 5.82 Å². The van der Waals surface area contributed by atoms with Gasteiger partial charge in [0, 0.05) is 11.7 Å². The van der Waals surface area contributed by atoms with Gasteiger partial charge in [0.25, 0.3) is 0 Å². The molecule has 0 radical (unpaired) electrons. The minimum Gasteiger partial charge on any atom is -0.469 e. The van der Waals surface area contributed by atoms with Crippen LogP contribution in [0.25, 0.3) is 0 Å². The molecule has 2 N–H and O–H groups in total. The van der Waals surface area contributed by atoms with Crippen molar-refractivity contribution in [1.29, 1.82) is 0 Å². The molecule has 0 saturated heterocycles. The highest BCUT2D eigenvalue weighted by molar-refractivity contribution is 6.43. The molecule has 0 spiro atoms. The van der Waals surface area contributed by atoms with Gasteiger partial charge in [-0.25, -0.2) is 0 Å². The zero-order valence-corrected chi connectivity index (χ0v) is 8.10. The Morgan fingerprint density at radius 3 is 2.71 bits per heavy atom. The van der Waals surface area contributed by atoms with Crippen molar-refractivity contribution in [2.45, 2.75) is 37.4 Å². The Morgan fingerprint density at radius 1 is 1.29 bits per heavy atom. The third kappa shape index (κ3) is 1.86. The third-order valence-electron chi connectivity index (χ3n) is 3.11. The van der Waals surface area contributed by atoms with E-state index in [0.29, 0.717) is 0 Å². The van der Waals surface area contributed by atoms with Gasteiger partial charge in [-0.15, -0.1) is 0 Å². The van der Waals surface area contributed by atoms with Crippen LogP contribution in [0.4, 0.5) is 0 Å². The molecule has 1 aromatic rings. The Kier molecular flexibility index (Phi) is 2.94. The summed E-state index contributed by atoms with van der Waals surface area (Å²) in [5.74, 6) is 1.01. The molecule has 14 heavy (non-hydrogen) atoms. The molecule has 1 aliphatic rings. The summed E-state index contributed by atoms with van der Waals surface area (Å²) in [5, 5.41) is 18.5. The smallest absolute Gasteiger partial charge is 0.455 e. The van der Waals surface area contributed by atoms with Crippen LogP contribution in [0.15, 0.2) is 22.8 Å². The van der Waals surface area contributed by atoms with E-state index in [1.165, 1.54) is 0 Å². The highest BCUT2D eigenvalue weighted by atomic mass is 16.4. The van der Waals surface area contributed by atoms with Crippen LogP contribution >= 0.6 is 0 Å². The van der Waals surface area contributed by atoms with Gasteiger partial charge in [0.15, 0.2) is 0 Å². The summed E-state index contributed by atoms with van der Waals surface area (Å²) in [7, 11) is -1.22. The number of hydrogen-bond acceptors (Lipinski definition) is 3. The van der Waals surface area contributed by atoms with Gasteiger partial charge in [0.1, 0.15) is 5.76 Å². The lowest BCUT2D eigenvalue weighted by Crippen LogP contribution is -2.28. The third-order valence-corrected chi connectivity index (χ3v) is 3.11. The molecule has 1 aliphatic carbocycles. The molecule has 2 unspecified atom stereocenters. The monoisotopic (exact) mass is 194 g/mol. The van der Waals surface area contributed by atoms with E-state index in [1.54, 1.807) is 6.26 Å². The molecule has 0 amide bonds. The highest BCUT2D eigenvalue weighted by Crippen LogP contribution is 2.42. The fourth-order valence-corrected chi connectivity index (χ4v) is 2.37.